The topological polar surface area (TPSA) is 88.8 Å². The van der Waals surface area contributed by atoms with Crippen LogP contribution in [0.3, 0.4) is 0 Å². The fraction of sp³-hybridized carbons (Fsp3) is 0.360. The van der Waals surface area contributed by atoms with Crippen LogP contribution in [0.2, 0.25) is 0 Å². The van der Waals surface area contributed by atoms with Crippen LogP contribution in [-0.4, -0.2) is 70.7 Å². The average Bonchev–Trinajstić information content (AvgIpc) is 3.57. The molecule has 2 saturated heterocycles. The number of nitrogens with zero attached hydrogens (tertiary/aromatic N) is 4. The van der Waals surface area contributed by atoms with Crippen molar-refractivity contribution in [2.24, 2.45) is 0 Å². The van der Waals surface area contributed by atoms with Crippen molar-refractivity contribution < 1.29 is 18.7 Å². The molecule has 0 saturated carbocycles. The smallest absolute Gasteiger partial charge is 0.253 e. The highest BCUT2D eigenvalue weighted by Crippen LogP contribution is 2.25. The number of aromatic nitrogens is 2. The van der Waals surface area contributed by atoms with Gasteiger partial charge in [-0.25, -0.2) is 0 Å². The summed E-state index contributed by atoms with van der Waals surface area (Å²) in [6.07, 6.45) is 1.41. The van der Waals surface area contributed by atoms with Crippen molar-refractivity contribution in [3.05, 3.63) is 59.7 Å². The molecule has 0 aliphatic carbocycles. The molecule has 170 valence electrons. The Balaban J connectivity index is 1.21. The third-order valence-electron chi connectivity index (χ3n) is 6.19. The Morgan fingerprint density at radius 3 is 2.00 bits per heavy atom. The molecule has 2 amide bonds. The summed E-state index contributed by atoms with van der Waals surface area (Å²) in [6.45, 7) is 4.78. The third kappa shape index (κ3) is 4.52. The SMILES string of the molecule is Cc1ccc(-c2nnc(-c3ccc(C(=O)N4CCN(C(=O)C5CCCO5)CC4)cc3)o2)cc1. The van der Waals surface area contributed by atoms with Crippen LogP contribution in [0.5, 0.6) is 0 Å². The van der Waals surface area contributed by atoms with E-state index in [4.69, 9.17) is 9.15 Å². The highest BCUT2D eigenvalue weighted by Gasteiger charge is 2.31. The molecule has 1 aromatic heterocycles. The number of hydrogen-bond donors (Lipinski definition) is 0. The second-order valence-corrected chi connectivity index (χ2v) is 8.47. The number of amides is 2. The lowest BCUT2D eigenvalue weighted by Crippen LogP contribution is -2.52. The summed E-state index contributed by atoms with van der Waals surface area (Å²) in [5.74, 6) is 0.872. The standard InChI is InChI=1S/C25H26N4O4/c1-17-4-6-18(7-5-17)22-26-27-23(33-22)19-8-10-20(11-9-19)24(30)28-12-14-29(15-13-28)25(31)21-3-2-16-32-21/h4-11,21H,2-3,12-16H2,1H3. The molecule has 2 fully saturated rings. The predicted molar refractivity (Wildman–Crippen MR) is 121 cm³/mol. The lowest BCUT2D eigenvalue weighted by atomic mass is 10.1. The minimum absolute atomic E-state index is 0.0448. The second kappa shape index (κ2) is 9.15. The Morgan fingerprint density at radius 2 is 1.42 bits per heavy atom. The van der Waals surface area contributed by atoms with Crippen LogP contribution in [0.15, 0.2) is 52.9 Å². The molecule has 5 rings (SSSR count). The fourth-order valence-corrected chi connectivity index (χ4v) is 4.20. The van der Waals surface area contributed by atoms with Gasteiger partial charge in [-0.05, 0) is 56.2 Å². The van der Waals surface area contributed by atoms with E-state index in [9.17, 15) is 9.59 Å². The van der Waals surface area contributed by atoms with Crippen LogP contribution < -0.4 is 0 Å². The first-order chi connectivity index (χ1) is 16.1. The van der Waals surface area contributed by atoms with E-state index in [1.54, 1.807) is 17.0 Å². The molecule has 2 aromatic carbocycles. The monoisotopic (exact) mass is 446 g/mol. The number of carbonyl (C=O) groups excluding carboxylic acids is 2. The number of rotatable bonds is 4. The Labute approximate surface area is 192 Å². The molecular weight excluding hydrogens is 420 g/mol. The van der Waals surface area contributed by atoms with Crippen LogP contribution >= 0.6 is 0 Å². The van der Waals surface area contributed by atoms with Crippen molar-refractivity contribution in [3.63, 3.8) is 0 Å². The van der Waals surface area contributed by atoms with E-state index in [1.807, 2.05) is 48.2 Å². The zero-order valence-electron chi connectivity index (χ0n) is 18.6. The molecule has 8 heteroatoms. The first-order valence-corrected chi connectivity index (χ1v) is 11.3. The molecule has 1 atom stereocenters. The molecule has 0 spiro atoms. The van der Waals surface area contributed by atoms with Crippen LogP contribution in [-0.2, 0) is 9.53 Å². The summed E-state index contributed by atoms with van der Waals surface area (Å²) >= 11 is 0. The number of hydrogen-bond acceptors (Lipinski definition) is 6. The number of carbonyl (C=O) groups is 2. The van der Waals surface area contributed by atoms with Crippen LogP contribution in [0, 0.1) is 6.92 Å². The van der Waals surface area contributed by atoms with E-state index >= 15 is 0 Å². The zero-order chi connectivity index (χ0) is 22.8. The zero-order valence-corrected chi connectivity index (χ0v) is 18.6. The number of piperazine rings is 1. The number of aryl methyl sites for hydroxylation is 1. The minimum Gasteiger partial charge on any atom is -0.416 e. The number of ether oxygens (including phenoxy) is 1. The van der Waals surface area contributed by atoms with E-state index in [0.29, 0.717) is 50.1 Å². The second-order valence-electron chi connectivity index (χ2n) is 8.47. The lowest BCUT2D eigenvalue weighted by molar-refractivity contribution is -0.142. The Kier molecular flexibility index (Phi) is 5.92. The van der Waals surface area contributed by atoms with Gasteiger partial charge in [0, 0.05) is 49.5 Å². The third-order valence-corrected chi connectivity index (χ3v) is 6.19. The van der Waals surface area contributed by atoms with E-state index in [2.05, 4.69) is 10.2 Å². The first kappa shape index (κ1) is 21.3. The maximum atomic E-state index is 12.9. The van der Waals surface area contributed by atoms with Crippen LogP contribution in [0.25, 0.3) is 22.9 Å². The van der Waals surface area contributed by atoms with Gasteiger partial charge < -0.3 is 19.0 Å². The predicted octanol–water partition coefficient (Wildman–Crippen LogP) is 3.18. The van der Waals surface area contributed by atoms with Crippen molar-refractivity contribution in [1.82, 2.24) is 20.0 Å². The normalized spacial score (nSPS) is 18.5. The number of benzene rings is 2. The van der Waals surface area contributed by atoms with Gasteiger partial charge in [-0.15, -0.1) is 10.2 Å². The highest BCUT2D eigenvalue weighted by atomic mass is 16.5. The molecule has 1 unspecified atom stereocenters. The summed E-state index contributed by atoms with van der Waals surface area (Å²) < 4.78 is 11.3. The maximum Gasteiger partial charge on any atom is 0.253 e. The summed E-state index contributed by atoms with van der Waals surface area (Å²) in [5, 5.41) is 8.29. The van der Waals surface area contributed by atoms with E-state index in [0.717, 1.165) is 29.5 Å². The van der Waals surface area contributed by atoms with E-state index in [1.165, 1.54) is 0 Å². The van der Waals surface area contributed by atoms with Gasteiger partial charge in [0.15, 0.2) is 0 Å². The molecule has 0 bridgehead atoms. The van der Waals surface area contributed by atoms with Gasteiger partial charge in [-0.2, -0.15) is 0 Å². The van der Waals surface area contributed by atoms with Gasteiger partial charge in [-0.3, -0.25) is 9.59 Å². The first-order valence-electron chi connectivity index (χ1n) is 11.3. The molecule has 3 aromatic rings. The van der Waals surface area contributed by atoms with Crippen molar-refractivity contribution in [2.75, 3.05) is 32.8 Å². The van der Waals surface area contributed by atoms with E-state index in [-0.39, 0.29) is 17.9 Å². The fourth-order valence-electron chi connectivity index (χ4n) is 4.20. The molecular formula is C25H26N4O4. The Bertz CT molecular complexity index is 1130. The van der Waals surface area contributed by atoms with Gasteiger partial charge in [0.05, 0.1) is 0 Å². The van der Waals surface area contributed by atoms with Crippen molar-refractivity contribution in [2.45, 2.75) is 25.9 Å². The van der Waals surface area contributed by atoms with Crippen LogP contribution in [0.4, 0.5) is 0 Å². The minimum atomic E-state index is -0.309. The maximum absolute atomic E-state index is 12.9. The summed E-state index contributed by atoms with van der Waals surface area (Å²) in [7, 11) is 0. The van der Waals surface area contributed by atoms with Gasteiger partial charge >= 0.3 is 0 Å². The van der Waals surface area contributed by atoms with Gasteiger partial charge in [0.2, 0.25) is 11.8 Å². The van der Waals surface area contributed by atoms with Crippen molar-refractivity contribution in [3.8, 4) is 22.9 Å². The van der Waals surface area contributed by atoms with Gasteiger partial charge in [0.25, 0.3) is 11.8 Å². The molecule has 8 nitrogen and oxygen atoms in total. The molecule has 33 heavy (non-hydrogen) atoms. The van der Waals surface area contributed by atoms with Gasteiger partial charge in [0.1, 0.15) is 6.10 Å². The average molecular weight is 447 g/mol. The van der Waals surface area contributed by atoms with Crippen molar-refractivity contribution in [1.29, 1.82) is 0 Å². The van der Waals surface area contributed by atoms with E-state index < -0.39 is 0 Å². The Morgan fingerprint density at radius 1 is 0.848 bits per heavy atom. The summed E-state index contributed by atoms with van der Waals surface area (Å²) in [5.41, 5.74) is 3.37. The van der Waals surface area contributed by atoms with Gasteiger partial charge in [-0.1, -0.05) is 17.7 Å². The molecule has 0 N–H and O–H groups in total. The molecule has 2 aliphatic rings. The summed E-state index contributed by atoms with van der Waals surface area (Å²) in [4.78, 5) is 29.0. The van der Waals surface area contributed by atoms with Crippen LogP contribution in [0.1, 0.15) is 28.8 Å². The molecule has 0 radical (unpaired) electrons. The highest BCUT2D eigenvalue weighted by molar-refractivity contribution is 5.95. The lowest BCUT2D eigenvalue weighted by Gasteiger charge is -2.35. The van der Waals surface area contributed by atoms with Crippen molar-refractivity contribution >= 4 is 11.8 Å². The summed E-state index contributed by atoms with van der Waals surface area (Å²) in [6, 6.07) is 15.1. The quantitative estimate of drug-likeness (QED) is 0.612. The molecule has 2 aliphatic heterocycles. The molecule has 3 heterocycles. The largest absolute Gasteiger partial charge is 0.416 e. The Hall–Kier alpha value is -3.52.